The molecule has 0 saturated carbocycles. The summed E-state index contributed by atoms with van der Waals surface area (Å²) in [5, 5.41) is 16.3. The number of carbonyl (C=O) groups excluding carboxylic acids is 2. The lowest BCUT2D eigenvalue weighted by molar-refractivity contribution is -0.384. The van der Waals surface area contributed by atoms with E-state index in [2.05, 4.69) is 15.5 Å². The standard InChI is InChI=1S/C20H21N5O4S/c1-23-9-11-24(12-10-23)19(27)16-7-2-3-8-17(16)21-20(30)22-18(26)14-5-4-6-15(13-14)25(28)29/h2-8,13H,9-12H2,1H3,(H2,21,22,26,30). The zero-order chi connectivity index (χ0) is 21.7. The number of hydrogen-bond acceptors (Lipinski definition) is 6. The van der Waals surface area contributed by atoms with Crippen molar-refractivity contribution >= 4 is 40.5 Å². The summed E-state index contributed by atoms with van der Waals surface area (Å²) in [5.41, 5.74) is 0.847. The van der Waals surface area contributed by atoms with E-state index in [9.17, 15) is 19.7 Å². The Hall–Kier alpha value is -3.37. The smallest absolute Gasteiger partial charge is 0.270 e. The van der Waals surface area contributed by atoms with E-state index in [4.69, 9.17) is 12.2 Å². The molecule has 0 radical (unpaired) electrons. The summed E-state index contributed by atoms with van der Waals surface area (Å²) in [6, 6.07) is 12.3. The number of nitrogens with zero attached hydrogens (tertiary/aromatic N) is 3. The third kappa shape index (κ3) is 5.16. The van der Waals surface area contributed by atoms with Gasteiger partial charge in [0.25, 0.3) is 17.5 Å². The summed E-state index contributed by atoms with van der Waals surface area (Å²) in [5.74, 6) is -0.696. The van der Waals surface area contributed by atoms with Crippen LogP contribution in [-0.2, 0) is 0 Å². The lowest BCUT2D eigenvalue weighted by Crippen LogP contribution is -2.47. The summed E-state index contributed by atoms with van der Waals surface area (Å²) in [6.45, 7) is 2.88. The summed E-state index contributed by atoms with van der Waals surface area (Å²) < 4.78 is 0. The largest absolute Gasteiger partial charge is 0.336 e. The highest BCUT2D eigenvalue weighted by molar-refractivity contribution is 7.80. The first-order chi connectivity index (χ1) is 14.3. The highest BCUT2D eigenvalue weighted by Gasteiger charge is 2.22. The molecule has 1 saturated heterocycles. The molecule has 0 unspecified atom stereocenters. The summed E-state index contributed by atoms with van der Waals surface area (Å²) in [7, 11) is 2.01. The molecule has 1 fully saturated rings. The molecule has 0 bridgehead atoms. The Balaban J connectivity index is 1.68. The molecular formula is C20H21N5O4S. The number of anilines is 1. The first kappa shape index (κ1) is 21.3. The number of carbonyl (C=O) groups is 2. The van der Waals surface area contributed by atoms with Crippen LogP contribution in [0.25, 0.3) is 0 Å². The first-order valence-corrected chi connectivity index (χ1v) is 9.69. The zero-order valence-corrected chi connectivity index (χ0v) is 17.1. The quantitative estimate of drug-likeness (QED) is 0.437. The van der Waals surface area contributed by atoms with Gasteiger partial charge in [0, 0.05) is 43.9 Å². The molecular weight excluding hydrogens is 406 g/mol. The molecule has 0 atom stereocenters. The van der Waals surface area contributed by atoms with Crippen molar-refractivity contribution in [2.45, 2.75) is 0 Å². The minimum absolute atomic E-state index is 0.00914. The van der Waals surface area contributed by atoms with Crippen molar-refractivity contribution in [3.05, 3.63) is 69.8 Å². The van der Waals surface area contributed by atoms with Crippen LogP contribution in [-0.4, -0.2) is 64.9 Å². The monoisotopic (exact) mass is 427 g/mol. The van der Waals surface area contributed by atoms with Gasteiger partial charge in [-0.2, -0.15) is 0 Å². The predicted molar refractivity (Wildman–Crippen MR) is 117 cm³/mol. The Morgan fingerprint density at radius 3 is 2.47 bits per heavy atom. The molecule has 0 spiro atoms. The molecule has 2 N–H and O–H groups in total. The van der Waals surface area contributed by atoms with Gasteiger partial charge in [0.15, 0.2) is 5.11 Å². The average molecular weight is 427 g/mol. The number of nitro benzene ring substituents is 1. The number of nitro groups is 1. The van der Waals surface area contributed by atoms with Crippen molar-refractivity contribution in [3.8, 4) is 0 Å². The Bertz CT molecular complexity index is 989. The summed E-state index contributed by atoms with van der Waals surface area (Å²) in [4.78, 5) is 39.6. The van der Waals surface area contributed by atoms with Gasteiger partial charge in [-0.15, -0.1) is 0 Å². The van der Waals surface area contributed by atoms with Crippen LogP contribution >= 0.6 is 12.2 Å². The van der Waals surface area contributed by atoms with Crippen LogP contribution < -0.4 is 10.6 Å². The van der Waals surface area contributed by atoms with E-state index in [1.54, 1.807) is 29.2 Å². The second kappa shape index (κ2) is 9.42. The van der Waals surface area contributed by atoms with Gasteiger partial charge in [0.1, 0.15) is 0 Å². The van der Waals surface area contributed by atoms with Crippen molar-refractivity contribution in [2.24, 2.45) is 0 Å². The first-order valence-electron chi connectivity index (χ1n) is 9.29. The number of benzene rings is 2. The number of para-hydroxylation sites is 1. The fourth-order valence-corrected chi connectivity index (χ4v) is 3.25. The van der Waals surface area contributed by atoms with Gasteiger partial charge >= 0.3 is 0 Å². The molecule has 1 aliphatic heterocycles. The lowest BCUT2D eigenvalue weighted by Gasteiger charge is -2.32. The zero-order valence-electron chi connectivity index (χ0n) is 16.3. The lowest BCUT2D eigenvalue weighted by atomic mass is 10.1. The van der Waals surface area contributed by atoms with Crippen LogP contribution in [0, 0.1) is 10.1 Å². The van der Waals surface area contributed by atoms with E-state index in [0.717, 1.165) is 13.1 Å². The molecule has 2 amide bonds. The van der Waals surface area contributed by atoms with Crippen LogP contribution in [0.1, 0.15) is 20.7 Å². The maximum atomic E-state index is 12.9. The molecule has 2 aromatic carbocycles. The van der Waals surface area contributed by atoms with Crippen molar-refractivity contribution < 1.29 is 14.5 Å². The second-order valence-corrected chi connectivity index (χ2v) is 7.26. The van der Waals surface area contributed by atoms with E-state index in [0.29, 0.717) is 24.3 Å². The molecule has 0 aliphatic carbocycles. The number of piperazine rings is 1. The molecule has 2 aromatic rings. The predicted octanol–water partition coefficient (Wildman–Crippen LogP) is 2.11. The summed E-state index contributed by atoms with van der Waals surface area (Å²) in [6.07, 6.45) is 0. The van der Waals surface area contributed by atoms with Gasteiger partial charge in [0.2, 0.25) is 0 Å². The molecule has 1 heterocycles. The Kier molecular flexibility index (Phi) is 6.70. The van der Waals surface area contributed by atoms with Crippen molar-refractivity contribution in [1.29, 1.82) is 0 Å². The van der Waals surface area contributed by atoms with Gasteiger partial charge < -0.3 is 15.1 Å². The average Bonchev–Trinajstić information content (AvgIpc) is 2.74. The molecule has 30 heavy (non-hydrogen) atoms. The van der Waals surface area contributed by atoms with E-state index < -0.39 is 10.8 Å². The molecule has 0 aromatic heterocycles. The Labute approximate surface area is 178 Å². The van der Waals surface area contributed by atoms with Crippen LogP contribution in [0.3, 0.4) is 0 Å². The van der Waals surface area contributed by atoms with E-state index in [-0.39, 0.29) is 22.3 Å². The molecule has 3 rings (SSSR count). The molecule has 156 valence electrons. The van der Waals surface area contributed by atoms with Crippen LogP contribution in [0.2, 0.25) is 0 Å². The fourth-order valence-electron chi connectivity index (χ4n) is 3.05. The number of amides is 2. The number of thiocarbonyl (C=S) groups is 1. The minimum Gasteiger partial charge on any atom is -0.336 e. The molecule has 10 heteroatoms. The number of nitrogens with one attached hydrogen (secondary N) is 2. The van der Waals surface area contributed by atoms with Crippen molar-refractivity contribution in [3.63, 3.8) is 0 Å². The van der Waals surface area contributed by atoms with Gasteiger partial charge in [0.05, 0.1) is 16.2 Å². The van der Waals surface area contributed by atoms with Crippen LogP contribution in [0.15, 0.2) is 48.5 Å². The molecule has 1 aliphatic rings. The maximum absolute atomic E-state index is 12.9. The topological polar surface area (TPSA) is 108 Å². The van der Waals surface area contributed by atoms with E-state index >= 15 is 0 Å². The third-order valence-corrected chi connectivity index (χ3v) is 4.95. The number of non-ortho nitro benzene ring substituents is 1. The summed E-state index contributed by atoms with van der Waals surface area (Å²) >= 11 is 5.21. The van der Waals surface area contributed by atoms with Crippen molar-refractivity contribution in [2.75, 3.05) is 38.5 Å². The van der Waals surface area contributed by atoms with Crippen molar-refractivity contribution in [1.82, 2.24) is 15.1 Å². The normalized spacial score (nSPS) is 14.1. The van der Waals surface area contributed by atoms with E-state index in [1.807, 2.05) is 7.05 Å². The number of hydrogen-bond donors (Lipinski definition) is 2. The number of likely N-dealkylation sites (N-methyl/N-ethyl adjacent to an activating group) is 1. The van der Waals surface area contributed by atoms with Gasteiger partial charge in [-0.3, -0.25) is 25.0 Å². The Morgan fingerprint density at radius 2 is 1.77 bits per heavy atom. The fraction of sp³-hybridized carbons (Fsp3) is 0.250. The highest BCUT2D eigenvalue weighted by atomic mass is 32.1. The highest BCUT2D eigenvalue weighted by Crippen LogP contribution is 2.19. The van der Waals surface area contributed by atoms with Gasteiger partial charge in [-0.1, -0.05) is 18.2 Å². The van der Waals surface area contributed by atoms with Gasteiger partial charge in [-0.05, 0) is 37.5 Å². The SMILES string of the molecule is CN1CCN(C(=O)c2ccccc2NC(=S)NC(=O)c2cccc([N+](=O)[O-])c2)CC1. The maximum Gasteiger partial charge on any atom is 0.270 e. The van der Waals surface area contributed by atoms with E-state index in [1.165, 1.54) is 24.3 Å². The van der Waals surface area contributed by atoms with Gasteiger partial charge in [-0.25, -0.2) is 0 Å². The van der Waals surface area contributed by atoms with Crippen LogP contribution in [0.5, 0.6) is 0 Å². The van der Waals surface area contributed by atoms with Crippen LogP contribution in [0.4, 0.5) is 11.4 Å². The third-order valence-electron chi connectivity index (χ3n) is 4.74. The molecule has 9 nitrogen and oxygen atoms in total. The second-order valence-electron chi connectivity index (χ2n) is 6.86. The number of rotatable bonds is 4. The Morgan fingerprint density at radius 1 is 1.07 bits per heavy atom. The minimum atomic E-state index is -0.584.